The standard InChI is InChI=1S/C13H21NO3.C5H10O2/c1-13(2,3)14-7-12(17)9-4-5-11(16)10(6-9)8-15;1-2-3-4-5(6)7/h4-6,12,14-17H,7-8H2,1-3H3;2-4H2,1H3,(H,6,7)/t12-;/m0./s1. The van der Waals surface area contributed by atoms with E-state index in [1.165, 1.54) is 6.07 Å². The Bertz CT molecular complexity index is 497. The number of aliphatic hydroxyl groups is 2. The predicted molar refractivity (Wildman–Crippen MR) is 93.9 cm³/mol. The molecule has 0 aromatic heterocycles. The molecule has 0 fully saturated rings. The smallest absolute Gasteiger partial charge is 0.303 e. The molecule has 0 bridgehead atoms. The van der Waals surface area contributed by atoms with Gasteiger partial charge in [0.05, 0.1) is 12.7 Å². The van der Waals surface area contributed by atoms with Crippen LogP contribution < -0.4 is 5.32 Å². The second-order valence-corrected chi connectivity index (χ2v) is 6.69. The van der Waals surface area contributed by atoms with Gasteiger partial charge < -0.3 is 25.7 Å². The van der Waals surface area contributed by atoms with Crippen molar-refractivity contribution in [1.29, 1.82) is 0 Å². The minimum absolute atomic E-state index is 0.0484. The van der Waals surface area contributed by atoms with Crippen LogP contribution in [0.3, 0.4) is 0 Å². The molecule has 1 aromatic carbocycles. The first kappa shape index (κ1) is 22.4. The van der Waals surface area contributed by atoms with Gasteiger partial charge in [0.2, 0.25) is 0 Å². The van der Waals surface area contributed by atoms with Gasteiger partial charge in [-0.2, -0.15) is 0 Å². The number of hydrogen-bond donors (Lipinski definition) is 5. The van der Waals surface area contributed by atoms with Gasteiger partial charge in [0.25, 0.3) is 0 Å². The number of phenols is 1. The Labute approximate surface area is 144 Å². The van der Waals surface area contributed by atoms with Crippen molar-refractivity contribution in [2.24, 2.45) is 0 Å². The maximum Gasteiger partial charge on any atom is 0.303 e. The Kier molecular flexibility index (Phi) is 10.3. The highest BCUT2D eigenvalue weighted by Gasteiger charge is 2.14. The molecule has 6 nitrogen and oxygen atoms in total. The minimum Gasteiger partial charge on any atom is -0.508 e. The topological polar surface area (TPSA) is 110 Å². The number of unbranched alkanes of at least 4 members (excludes halogenated alkanes) is 1. The number of β-amino-alcohol motifs (C(OH)–C–C–N with tert-alkyl or cyclic N) is 1. The van der Waals surface area contributed by atoms with Crippen molar-refractivity contribution in [3.63, 3.8) is 0 Å². The van der Waals surface area contributed by atoms with Crippen molar-refractivity contribution in [2.45, 2.75) is 65.2 Å². The number of hydrogen-bond acceptors (Lipinski definition) is 5. The van der Waals surface area contributed by atoms with E-state index < -0.39 is 12.1 Å². The summed E-state index contributed by atoms with van der Waals surface area (Å²) in [5.74, 6) is -0.644. The number of aliphatic hydroxyl groups excluding tert-OH is 2. The van der Waals surface area contributed by atoms with E-state index in [-0.39, 0.29) is 17.9 Å². The summed E-state index contributed by atoms with van der Waals surface area (Å²) in [5, 5.41) is 39.7. The van der Waals surface area contributed by atoms with Gasteiger partial charge in [-0.25, -0.2) is 0 Å². The van der Waals surface area contributed by atoms with Gasteiger partial charge in [-0.1, -0.05) is 19.4 Å². The molecule has 0 heterocycles. The Hall–Kier alpha value is -1.63. The Morgan fingerprint density at radius 2 is 1.92 bits per heavy atom. The predicted octanol–water partition coefficient (Wildman–Crippen LogP) is 2.57. The molecule has 1 atom stereocenters. The highest BCUT2D eigenvalue weighted by molar-refractivity contribution is 5.66. The molecule has 0 amide bonds. The molecule has 6 heteroatoms. The lowest BCUT2D eigenvalue weighted by Gasteiger charge is -2.23. The molecule has 1 rings (SSSR count). The van der Waals surface area contributed by atoms with Gasteiger partial charge in [0.1, 0.15) is 5.75 Å². The largest absolute Gasteiger partial charge is 0.508 e. The van der Waals surface area contributed by atoms with Gasteiger partial charge in [-0.15, -0.1) is 0 Å². The Morgan fingerprint density at radius 3 is 2.33 bits per heavy atom. The molecular weight excluding hydrogens is 310 g/mol. The molecule has 0 aliphatic rings. The summed E-state index contributed by atoms with van der Waals surface area (Å²) in [7, 11) is 0. The third-order valence-electron chi connectivity index (χ3n) is 3.23. The summed E-state index contributed by atoms with van der Waals surface area (Å²) in [6.45, 7) is 8.24. The van der Waals surface area contributed by atoms with E-state index in [4.69, 9.17) is 10.2 Å². The van der Waals surface area contributed by atoms with Crippen LogP contribution in [0.5, 0.6) is 5.75 Å². The first-order valence-corrected chi connectivity index (χ1v) is 8.18. The summed E-state index contributed by atoms with van der Waals surface area (Å²) in [4.78, 5) is 9.76. The van der Waals surface area contributed by atoms with Crippen LogP contribution in [0.25, 0.3) is 0 Å². The van der Waals surface area contributed by atoms with Crippen LogP contribution in [0.2, 0.25) is 0 Å². The molecule has 1 aromatic rings. The number of rotatable bonds is 7. The van der Waals surface area contributed by atoms with Crippen molar-refractivity contribution in [3.8, 4) is 5.75 Å². The first-order chi connectivity index (χ1) is 11.1. The second kappa shape index (κ2) is 11.0. The molecular formula is C18H31NO5. The Morgan fingerprint density at radius 1 is 1.29 bits per heavy atom. The molecule has 0 aliphatic carbocycles. The van der Waals surface area contributed by atoms with Crippen LogP contribution in [0, 0.1) is 0 Å². The first-order valence-electron chi connectivity index (χ1n) is 8.18. The molecule has 24 heavy (non-hydrogen) atoms. The van der Waals surface area contributed by atoms with E-state index in [2.05, 4.69) is 5.32 Å². The molecule has 5 N–H and O–H groups in total. The van der Waals surface area contributed by atoms with Gasteiger partial charge >= 0.3 is 5.97 Å². The minimum atomic E-state index is -0.693. The lowest BCUT2D eigenvalue weighted by Crippen LogP contribution is -2.38. The average molecular weight is 341 g/mol. The number of carboxylic acids is 1. The van der Waals surface area contributed by atoms with Gasteiger partial charge in [-0.05, 0) is 44.9 Å². The van der Waals surface area contributed by atoms with Crippen LogP contribution in [0.15, 0.2) is 18.2 Å². The van der Waals surface area contributed by atoms with Crippen molar-refractivity contribution < 1.29 is 25.2 Å². The number of benzene rings is 1. The lowest BCUT2D eigenvalue weighted by atomic mass is 10.0. The van der Waals surface area contributed by atoms with Crippen molar-refractivity contribution in [2.75, 3.05) is 6.54 Å². The molecule has 138 valence electrons. The fourth-order valence-electron chi connectivity index (χ4n) is 1.79. The maximum atomic E-state index is 9.97. The number of nitrogens with one attached hydrogen (secondary N) is 1. The number of carbonyl (C=O) groups is 1. The Balaban J connectivity index is 0.000000640. The van der Waals surface area contributed by atoms with Crippen molar-refractivity contribution in [1.82, 2.24) is 5.32 Å². The summed E-state index contributed by atoms with van der Waals surface area (Å²) in [6.07, 6.45) is 1.43. The van der Waals surface area contributed by atoms with Gasteiger partial charge in [0.15, 0.2) is 0 Å². The highest BCUT2D eigenvalue weighted by Crippen LogP contribution is 2.22. The van der Waals surface area contributed by atoms with Crippen molar-refractivity contribution in [3.05, 3.63) is 29.3 Å². The fourth-order valence-corrected chi connectivity index (χ4v) is 1.79. The third kappa shape index (κ3) is 10.2. The third-order valence-corrected chi connectivity index (χ3v) is 3.23. The molecule has 0 saturated carbocycles. The second-order valence-electron chi connectivity index (χ2n) is 6.69. The zero-order valence-corrected chi connectivity index (χ0v) is 15.0. The average Bonchev–Trinajstić information content (AvgIpc) is 2.51. The normalized spacial score (nSPS) is 12.2. The lowest BCUT2D eigenvalue weighted by molar-refractivity contribution is -0.137. The molecule has 0 radical (unpaired) electrons. The quantitative estimate of drug-likeness (QED) is 0.521. The van der Waals surface area contributed by atoms with Crippen LogP contribution in [-0.2, 0) is 11.4 Å². The molecule has 0 aliphatic heterocycles. The van der Waals surface area contributed by atoms with E-state index >= 15 is 0 Å². The van der Waals surface area contributed by atoms with E-state index in [1.807, 2.05) is 27.7 Å². The van der Waals surface area contributed by atoms with Gasteiger partial charge in [-0.3, -0.25) is 4.79 Å². The monoisotopic (exact) mass is 341 g/mol. The summed E-state index contributed by atoms with van der Waals surface area (Å²) >= 11 is 0. The van der Waals surface area contributed by atoms with Crippen LogP contribution in [-0.4, -0.2) is 38.5 Å². The van der Waals surface area contributed by atoms with E-state index in [9.17, 15) is 15.0 Å². The van der Waals surface area contributed by atoms with Crippen LogP contribution in [0.4, 0.5) is 0 Å². The van der Waals surface area contributed by atoms with E-state index in [1.54, 1.807) is 12.1 Å². The summed E-state index contributed by atoms with van der Waals surface area (Å²) < 4.78 is 0. The van der Waals surface area contributed by atoms with Crippen molar-refractivity contribution >= 4 is 5.97 Å². The zero-order chi connectivity index (χ0) is 18.8. The fraction of sp³-hybridized carbons (Fsp3) is 0.611. The zero-order valence-electron chi connectivity index (χ0n) is 15.0. The maximum absolute atomic E-state index is 9.97. The molecule has 0 spiro atoms. The summed E-state index contributed by atoms with van der Waals surface area (Å²) in [5.41, 5.74) is 1.05. The summed E-state index contributed by atoms with van der Waals surface area (Å²) in [6, 6.07) is 4.76. The number of aliphatic carboxylic acids is 1. The van der Waals surface area contributed by atoms with Crippen LogP contribution in [0.1, 0.15) is 64.2 Å². The number of aromatic hydroxyl groups is 1. The van der Waals surface area contributed by atoms with E-state index in [0.29, 0.717) is 24.1 Å². The van der Waals surface area contributed by atoms with Gasteiger partial charge in [0, 0.05) is 24.1 Å². The highest BCUT2D eigenvalue weighted by atomic mass is 16.4. The van der Waals surface area contributed by atoms with Crippen LogP contribution >= 0.6 is 0 Å². The SMILES string of the molecule is CC(C)(C)NC[C@H](O)c1ccc(O)c(CO)c1.CCCCC(=O)O. The number of carboxylic acid groups (broad SMARTS) is 1. The molecule has 0 saturated heterocycles. The van der Waals surface area contributed by atoms with E-state index in [0.717, 1.165) is 12.8 Å². The molecule has 0 unspecified atom stereocenters.